The highest BCUT2D eigenvalue weighted by Crippen LogP contribution is 2.06. The van der Waals surface area contributed by atoms with Crippen LogP contribution in [0.15, 0.2) is 26.5 Å². The van der Waals surface area contributed by atoms with E-state index >= 15 is 0 Å². The van der Waals surface area contributed by atoms with Crippen LogP contribution >= 0.6 is 0 Å². The third kappa shape index (κ3) is 3.24. The van der Waals surface area contributed by atoms with Gasteiger partial charge in [0.15, 0.2) is 11.9 Å². The van der Waals surface area contributed by atoms with E-state index in [0.29, 0.717) is 18.5 Å². The molecule has 6 nitrogen and oxygen atoms in total. The molecule has 0 amide bonds. The molecule has 17 heavy (non-hydrogen) atoms. The molecule has 4 N–H and O–H groups in total. The van der Waals surface area contributed by atoms with Crippen molar-refractivity contribution in [2.24, 2.45) is 15.7 Å². The second kappa shape index (κ2) is 4.90. The lowest BCUT2D eigenvalue weighted by molar-refractivity contribution is 0.484. The zero-order valence-corrected chi connectivity index (χ0v) is 10.0. The number of hydrogen-bond donors (Lipinski definition) is 3. The molecule has 1 unspecified atom stereocenters. The third-order valence-electron chi connectivity index (χ3n) is 2.35. The largest absolute Gasteiger partial charge is 0.466 e. The molecule has 1 aliphatic rings. The van der Waals surface area contributed by atoms with Crippen LogP contribution in [0.25, 0.3) is 0 Å². The second-order valence-electron chi connectivity index (χ2n) is 3.95. The first-order valence-corrected chi connectivity index (χ1v) is 5.60. The Hall–Kier alpha value is -1.98. The Balaban J connectivity index is 1.87. The fraction of sp³-hybridized carbons (Fsp3) is 0.455. The van der Waals surface area contributed by atoms with E-state index in [-0.39, 0.29) is 6.17 Å². The maximum atomic E-state index is 5.60. The van der Waals surface area contributed by atoms with Gasteiger partial charge in [0.2, 0.25) is 0 Å². The van der Waals surface area contributed by atoms with Crippen molar-refractivity contribution < 1.29 is 4.42 Å². The molecule has 6 heteroatoms. The van der Waals surface area contributed by atoms with Gasteiger partial charge in [0, 0.05) is 13.0 Å². The number of hydrogen-bond acceptors (Lipinski definition) is 4. The number of furan rings is 1. The monoisotopic (exact) mass is 235 g/mol. The van der Waals surface area contributed by atoms with Gasteiger partial charge >= 0.3 is 0 Å². The van der Waals surface area contributed by atoms with E-state index in [1.54, 1.807) is 0 Å². The zero-order chi connectivity index (χ0) is 12.3. The molecule has 1 aliphatic heterocycles. The van der Waals surface area contributed by atoms with E-state index in [1.807, 2.05) is 26.0 Å². The van der Waals surface area contributed by atoms with Gasteiger partial charge in [0.05, 0.1) is 0 Å². The molecule has 0 saturated carbocycles. The number of nitrogens with one attached hydrogen (secondary N) is 2. The van der Waals surface area contributed by atoms with Crippen LogP contribution in [0.1, 0.15) is 18.4 Å². The number of nitrogens with zero attached hydrogens (tertiary/aromatic N) is 2. The van der Waals surface area contributed by atoms with Gasteiger partial charge in [-0.1, -0.05) is 0 Å². The summed E-state index contributed by atoms with van der Waals surface area (Å²) in [5.41, 5.74) is 5.60. The van der Waals surface area contributed by atoms with Gasteiger partial charge in [-0.15, -0.1) is 0 Å². The molecule has 0 fully saturated rings. The van der Waals surface area contributed by atoms with Crippen molar-refractivity contribution in [3.8, 4) is 0 Å². The van der Waals surface area contributed by atoms with Crippen LogP contribution in [0.4, 0.5) is 0 Å². The van der Waals surface area contributed by atoms with Crippen molar-refractivity contribution in [1.29, 1.82) is 0 Å². The van der Waals surface area contributed by atoms with E-state index in [0.717, 1.165) is 17.9 Å². The van der Waals surface area contributed by atoms with Crippen LogP contribution in [0, 0.1) is 6.92 Å². The Morgan fingerprint density at radius 2 is 2.35 bits per heavy atom. The van der Waals surface area contributed by atoms with Crippen molar-refractivity contribution in [2.45, 2.75) is 26.4 Å². The highest BCUT2D eigenvalue weighted by molar-refractivity contribution is 5.99. The lowest BCUT2D eigenvalue weighted by atomic mass is 10.3. The van der Waals surface area contributed by atoms with E-state index < -0.39 is 0 Å². The molecule has 0 saturated heterocycles. The molecule has 2 rings (SSSR count). The number of rotatable bonds is 3. The van der Waals surface area contributed by atoms with Crippen LogP contribution in [0.3, 0.4) is 0 Å². The lowest BCUT2D eigenvalue weighted by Crippen LogP contribution is -2.52. The predicted octanol–water partition coefficient (Wildman–Crippen LogP) is 0.340. The van der Waals surface area contributed by atoms with Crippen LogP contribution in [-0.2, 0) is 6.42 Å². The molecular formula is C11H17N5O. The highest BCUT2D eigenvalue weighted by atomic mass is 16.3. The quantitative estimate of drug-likeness (QED) is 0.705. The van der Waals surface area contributed by atoms with Crippen molar-refractivity contribution in [3.05, 3.63) is 23.7 Å². The van der Waals surface area contributed by atoms with Gasteiger partial charge in [-0.05, 0) is 26.0 Å². The predicted molar refractivity (Wildman–Crippen MR) is 66.8 cm³/mol. The smallest absolute Gasteiger partial charge is 0.199 e. The molecule has 0 radical (unpaired) electrons. The fourth-order valence-corrected chi connectivity index (χ4v) is 1.61. The van der Waals surface area contributed by atoms with Crippen molar-refractivity contribution in [2.75, 3.05) is 6.54 Å². The van der Waals surface area contributed by atoms with E-state index in [2.05, 4.69) is 20.6 Å². The van der Waals surface area contributed by atoms with Gasteiger partial charge in [-0.25, -0.2) is 4.99 Å². The van der Waals surface area contributed by atoms with Gasteiger partial charge in [-0.2, -0.15) is 0 Å². The first kappa shape index (κ1) is 11.5. The average Bonchev–Trinajstić information content (AvgIpc) is 2.63. The number of aryl methyl sites for hydroxylation is 1. The summed E-state index contributed by atoms with van der Waals surface area (Å²) < 4.78 is 5.46. The Bertz CT molecular complexity index is 448. The third-order valence-corrected chi connectivity index (χ3v) is 2.35. The summed E-state index contributed by atoms with van der Waals surface area (Å²) in [5, 5.41) is 5.95. The topological polar surface area (TPSA) is 87.9 Å². The molecular weight excluding hydrogens is 218 g/mol. The summed E-state index contributed by atoms with van der Waals surface area (Å²) in [7, 11) is 0. The Morgan fingerprint density at radius 3 is 3.00 bits per heavy atom. The van der Waals surface area contributed by atoms with Gasteiger partial charge < -0.3 is 15.5 Å². The summed E-state index contributed by atoms with van der Waals surface area (Å²) in [6.45, 7) is 4.49. The standard InChI is InChI=1S/C11H17N5O/c1-7-3-4-9(17-7)5-6-13-11-15-8(2)14-10(12)16-11/h3-4,8H,5-6H2,1-2H3,(H4,12,13,14,15,16). The van der Waals surface area contributed by atoms with Crippen LogP contribution < -0.4 is 16.4 Å². The molecule has 0 aliphatic carbocycles. The molecule has 92 valence electrons. The first-order valence-electron chi connectivity index (χ1n) is 5.60. The molecule has 0 aromatic carbocycles. The molecule has 2 heterocycles. The molecule has 1 aromatic heterocycles. The van der Waals surface area contributed by atoms with Crippen molar-refractivity contribution in [1.82, 2.24) is 10.6 Å². The first-order chi connectivity index (χ1) is 8.13. The summed E-state index contributed by atoms with van der Waals surface area (Å²) in [5.74, 6) is 2.92. The Morgan fingerprint density at radius 1 is 1.53 bits per heavy atom. The fourth-order valence-electron chi connectivity index (χ4n) is 1.61. The van der Waals surface area contributed by atoms with E-state index in [1.165, 1.54) is 0 Å². The number of guanidine groups is 2. The normalized spacial score (nSPS) is 21.9. The number of nitrogens with two attached hydrogens (primary N) is 1. The van der Waals surface area contributed by atoms with E-state index in [4.69, 9.17) is 10.2 Å². The summed E-state index contributed by atoms with van der Waals surface area (Å²) in [4.78, 5) is 8.44. The molecule has 1 atom stereocenters. The zero-order valence-electron chi connectivity index (χ0n) is 10.0. The number of aliphatic imine (C=N–C) groups is 2. The van der Waals surface area contributed by atoms with Gasteiger partial charge in [-0.3, -0.25) is 10.3 Å². The van der Waals surface area contributed by atoms with Crippen LogP contribution in [-0.4, -0.2) is 24.6 Å². The molecule has 0 bridgehead atoms. The van der Waals surface area contributed by atoms with Gasteiger partial charge in [0.25, 0.3) is 0 Å². The molecule has 0 spiro atoms. The molecule has 1 aromatic rings. The second-order valence-corrected chi connectivity index (χ2v) is 3.95. The lowest BCUT2D eigenvalue weighted by Gasteiger charge is -2.20. The summed E-state index contributed by atoms with van der Waals surface area (Å²) >= 11 is 0. The van der Waals surface area contributed by atoms with Crippen molar-refractivity contribution in [3.63, 3.8) is 0 Å². The Kier molecular flexibility index (Phi) is 3.32. The maximum Gasteiger partial charge on any atom is 0.199 e. The van der Waals surface area contributed by atoms with Crippen molar-refractivity contribution >= 4 is 11.9 Å². The maximum absolute atomic E-state index is 5.60. The minimum absolute atomic E-state index is 0.0409. The minimum atomic E-state index is -0.0409. The average molecular weight is 235 g/mol. The summed E-state index contributed by atoms with van der Waals surface area (Å²) in [6, 6.07) is 3.92. The van der Waals surface area contributed by atoms with E-state index in [9.17, 15) is 0 Å². The van der Waals surface area contributed by atoms with Crippen LogP contribution in [0.5, 0.6) is 0 Å². The summed E-state index contributed by atoms with van der Waals surface area (Å²) in [6.07, 6.45) is 0.729. The highest BCUT2D eigenvalue weighted by Gasteiger charge is 2.11. The Labute approximate surface area is 100 Å². The SMILES string of the molecule is Cc1ccc(CCN=C2NC(N)=NC(C)N2)o1. The minimum Gasteiger partial charge on any atom is -0.466 e. The van der Waals surface area contributed by atoms with Gasteiger partial charge in [0.1, 0.15) is 17.7 Å². The van der Waals surface area contributed by atoms with Crippen LogP contribution in [0.2, 0.25) is 0 Å².